The summed E-state index contributed by atoms with van der Waals surface area (Å²) in [5, 5.41) is 6.21. The van der Waals surface area contributed by atoms with Crippen LogP contribution in [-0.4, -0.2) is 17.4 Å². The molecule has 3 rings (SSSR count). The highest BCUT2D eigenvalue weighted by atomic mass is 16.2. The Morgan fingerprint density at radius 3 is 2.76 bits per heavy atom. The van der Waals surface area contributed by atoms with Gasteiger partial charge in [-0.25, -0.2) is 4.99 Å². The fourth-order valence-corrected chi connectivity index (χ4v) is 3.27. The van der Waals surface area contributed by atoms with Crippen LogP contribution in [0.25, 0.3) is 0 Å². The van der Waals surface area contributed by atoms with Crippen LogP contribution in [0, 0.1) is 0 Å². The van der Waals surface area contributed by atoms with Crippen molar-refractivity contribution in [3.63, 3.8) is 0 Å². The molecule has 1 aromatic carbocycles. The Morgan fingerprint density at radius 2 is 2.05 bits per heavy atom. The monoisotopic (exact) mass is 285 g/mol. The number of fused-ring (bicyclic) bond motifs is 2. The summed E-state index contributed by atoms with van der Waals surface area (Å²) in [4.78, 5) is 17.4. The standard InChI is InChI=1S/C17H23N3O/c1-11-9-10-17(13-8-6-5-7-12(11)13)14(21)18-15(20-17)19-16(2,3)4/h5-8,11H,9-10H2,1-4H3,(H2,18,19,20,21). The van der Waals surface area contributed by atoms with Crippen LogP contribution in [0.3, 0.4) is 0 Å². The highest BCUT2D eigenvalue weighted by Crippen LogP contribution is 2.45. The van der Waals surface area contributed by atoms with Crippen LogP contribution in [0.4, 0.5) is 0 Å². The lowest BCUT2D eigenvalue weighted by molar-refractivity contribution is -0.124. The summed E-state index contributed by atoms with van der Waals surface area (Å²) < 4.78 is 0. The molecule has 0 fully saturated rings. The molecule has 1 aliphatic carbocycles. The second-order valence-corrected chi connectivity index (χ2v) is 7.18. The van der Waals surface area contributed by atoms with Crippen LogP contribution in [0.15, 0.2) is 29.3 Å². The molecule has 21 heavy (non-hydrogen) atoms. The molecule has 0 radical (unpaired) electrons. The van der Waals surface area contributed by atoms with Gasteiger partial charge in [-0.05, 0) is 50.7 Å². The van der Waals surface area contributed by atoms with Crippen LogP contribution in [0.1, 0.15) is 57.6 Å². The van der Waals surface area contributed by atoms with E-state index >= 15 is 0 Å². The lowest BCUT2D eigenvalue weighted by atomic mass is 9.72. The zero-order valence-corrected chi connectivity index (χ0v) is 13.2. The number of amides is 1. The van der Waals surface area contributed by atoms with Gasteiger partial charge in [0, 0.05) is 5.54 Å². The molecular formula is C17H23N3O. The van der Waals surface area contributed by atoms with Gasteiger partial charge in [-0.2, -0.15) is 0 Å². The van der Waals surface area contributed by atoms with Crippen molar-refractivity contribution in [2.45, 2.75) is 57.5 Å². The first-order valence-electron chi connectivity index (χ1n) is 7.61. The third-order valence-electron chi connectivity index (χ3n) is 4.28. The number of hydrogen-bond donors (Lipinski definition) is 2. The maximum absolute atomic E-state index is 12.7. The first-order valence-corrected chi connectivity index (χ1v) is 7.61. The third-order valence-corrected chi connectivity index (χ3v) is 4.28. The SMILES string of the molecule is CC1CCC2(N=C(NC(C)(C)C)NC2=O)c2ccccc21. The number of nitrogens with one attached hydrogen (secondary N) is 2. The summed E-state index contributed by atoms with van der Waals surface area (Å²) in [5.74, 6) is 1.07. The molecule has 1 aromatic rings. The fourth-order valence-electron chi connectivity index (χ4n) is 3.27. The van der Waals surface area contributed by atoms with E-state index in [0.717, 1.165) is 18.4 Å². The maximum Gasteiger partial charge on any atom is 0.259 e. The molecule has 2 aliphatic rings. The van der Waals surface area contributed by atoms with E-state index in [2.05, 4.69) is 44.4 Å². The van der Waals surface area contributed by atoms with E-state index in [1.54, 1.807) is 0 Å². The van der Waals surface area contributed by atoms with Gasteiger partial charge in [-0.1, -0.05) is 31.2 Å². The molecule has 2 atom stereocenters. The van der Waals surface area contributed by atoms with E-state index in [4.69, 9.17) is 4.99 Å². The molecule has 4 heteroatoms. The predicted octanol–water partition coefficient (Wildman–Crippen LogP) is 2.65. The second kappa shape index (κ2) is 4.58. The van der Waals surface area contributed by atoms with Gasteiger partial charge < -0.3 is 5.32 Å². The Bertz CT molecular complexity index is 615. The zero-order chi connectivity index (χ0) is 15.3. The van der Waals surface area contributed by atoms with Gasteiger partial charge in [-0.15, -0.1) is 0 Å². The van der Waals surface area contributed by atoms with Crippen LogP contribution in [0.2, 0.25) is 0 Å². The van der Waals surface area contributed by atoms with E-state index in [0.29, 0.717) is 11.9 Å². The molecule has 1 spiro atoms. The summed E-state index contributed by atoms with van der Waals surface area (Å²) in [7, 11) is 0. The zero-order valence-electron chi connectivity index (χ0n) is 13.2. The highest BCUT2D eigenvalue weighted by Gasteiger charge is 2.49. The van der Waals surface area contributed by atoms with Gasteiger partial charge in [0.05, 0.1) is 0 Å². The van der Waals surface area contributed by atoms with E-state index in [9.17, 15) is 4.79 Å². The number of aliphatic imine (C=N–C) groups is 1. The maximum atomic E-state index is 12.7. The first kappa shape index (κ1) is 14.1. The molecule has 0 saturated carbocycles. The predicted molar refractivity (Wildman–Crippen MR) is 84.2 cm³/mol. The fraction of sp³-hybridized carbons (Fsp3) is 0.529. The van der Waals surface area contributed by atoms with Crippen molar-refractivity contribution in [3.8, 4) is 0 Å². The van der Waals surface area contributed by atoms with Gasteiger partial charge in [0.25, 0.3) is 5.91 Å². The normalized spacial score (nSPS) is 28.1. The van der Waals surface area contributed by atoms with Crippen molar-refractivity contribution in [1.82, 2.24) is 10.6 Å². The second-order valence-electron chi connectivity index (χ2n) is 7.18. The average molecular weight is 285 g/mol. The van der Waals surface area contributed by atoms with E-state index in [1.165, 1.54) is 5.56 Å². The van der Waals surface area contributed by atoms with Gasteiger partial charge >= 0.3 is 0 Å². The summed E-state index contributed by atoms with van der Waals surface area (Å²) >= 11 is 0. The molecule has 0 saturated heterocycles. The van der Waals surface area contributed by atoms with Crippen molar-refractivity contribution >= 4 is 11.9 Å². The van der Waals surface area contributed by atoms with E-state index in [-0.39, 0.29) is 11.4 Å². The van der Waals surface area contributed by atoms with Gasteiger partial charge in [0.15, 0.2) is 11.5 Å². The van der Waals surface area contributed by atoms with Gasteiger partial charge in [0.2, 0.25) is 0 Å². The average Bonchev–Trinajstić information content (AvgIpc) is 2.69. The van der Waals surface area contributed by atoms with Crippen LogP contribution < -0.4 is 10.6 Å². The van der Waals surface area contributed by atoms with Gasteiger partial charge in [0.1, 0.15) is 0 Å². The lowest BCUT2D eigenvalue weighted by Gasteiger charge is -2.34. The van der Waals surface area contributed by atoms with Gasteiger partial charge in [-0.3, -0.25) is 10.1 Å². The number of carbonyl (C=O) groups is 1. The molecule has 0 bridgehead atoms. The number of rotatable bonds is 0. The number of hydrogen-bond acceptors (Lipinski definition) is 3. The summed E-state index contributed by atoms with van der Waals surface area (Å²) in [5.41, 5.74) is 1.45. The Morgan fingerprint density at radius 1 is 1.33 bits per heavy atom. The largest absolute Gasteiger partial charge is 0.351 e. The van der Waals surface area contributed by atoms with Crippen LogP contribution >= 0.6 is 0 Å². The summed E-state index contributed by atoms with van der Waals surface area (Å²) in [6, 6.07) is 8.21. The number of carbonyl (C=O) groups excluding carboxylic acids is 1. The highest BCUT2D eigenvalue weighted by molar-refractivity contribution is 6.08. The van der Waals surface area contributed by atoms with Crippen molar-refractivity contribution < 1.29 is 4.79 Å². The minimum Gasteiger partial charge on any atom is -0.351 e. The minimum atomic E-state index is -0.739. The Kier molecular flexibility index (Phi) is 3.08. The number of benzene rings is 1. The summed E-state index contributed by atoms with van der Waals surface area (Å²) in [6.45, 7) is 8.40. The number of nitrogens with zero attached hydrogens (tertiary/aromatic N) is 1. The molecule has 0 aromatic heterocycles. The molecule has 2 unspecified atom stereocenters. The number of guanidine groups is 1. The minimum absolute atomic E-state index is 0.00593. The Balaban J connectivity index is 2.05. The van der Waals surface area contributed by atoms with Crippen LogP contribution in [-0.2, 0) is 10.3 Å². The molecule has 2 N–H and O–H groups in total. The molecule has 1 amide bonds. The topological polar surface area (TPSA) is 53.5 Å². The van der Waals surface area contributed by atoms with Crippen LogP contribution in [0.5, 0.6) is 0 Å². The third kappa shape index (κ3) is 2.33. The van der Waals surface area contributed by atoms with Crippen molar-refractivity contribution in [3.05, 3.63) is 35.4 Å². The van der Waals surface area contributed by atoms with E-state index < -0.39 is 5.54 Å². The molecule has 4 nitrogen and oxygen atoms in total. The Labute approximate surface area is 126 Å². The first-order chi connectivity index (χ1) is 9.82. The molecule has 1 heterocycles. The smallest absolute Gasteiger partial charge is 0.259 e. The quantitative estimate of drug-likeness (QED) is 0.770. The molecule has 1 aliphatic heterocycles. The van der Waals surface area contributed by atoms with E-state index in [1.807, 2.05) is 18.2 Å². The van der Waals surface area contributed by atoms with Crippen molar-refractivity contribution in [2.24, 2.45) is 4.99 Å². The lowest BCUT2D eigenvalue weighted by Crippen LogP contribution is -2.47. The summed E-state index contributed by atoms with van der Waals surface area (Å²) in [6.07, 6.45) is 1.75. The molecular weight excluding hydrogens is 262 g/mol. The van der Waals surface area contributed by atoms with Crippen molar-refractivity contribution in [1.29, 1.82) is 0 Å². The van der Waals surface area contributed by atoms with Crippen molar-refractivity contribution in [2.75, 3.05) is 0 Å². The molecule has 112 valence electrons. The Hall–Kier alpha value is -1.84.